The van der Waals surface area contributed by atoms with Crippen LogP contribution in [0.5, 0.6) is 0 Å². The number of amides is 2. The molecule has 0 saturated heterocycles. The highest BCUT2D eigenvalue weighted by atomic mass is 16.5. The number of benzene rings is 2. The topological polar surface area (TPSA) is 138 Å². The van der Waals surface area contributed by atoms with Crippen LogP contribution in [0.3, 0.4) is 0 Å². The van der Waals surface area contributed by atoms with Gasteiger partial charge in [-0.3, -0.25) is 9.59 Å². The van der Waals surface area contributed by atoms with Gasteiger partial charge < -0.3 is 30.0 Å². The van der Waals surface area contributed by atoms with Gasteiger partial charge in [0.1, 0.15) is 12.4 Å². The van der Waals surface area contributed by atoms with Gasteiger partial charge in [-0.15, -0.1) is 0 Å². The molecule has 0 saturated carbocycles. The average molecular weight is 464 g/mol. The molecule has 1 aliphatic rings. The zero-order valence-electron chi connectivity index (χ0n) is 18.2. The van der Waals surface area contributed by atoms with Gasteiger partial charge >= 0.3 is 12.1 Å². The van der Waals surface area contributed by atoms with Crippen LogP contribution in [0.2, 0.25) is 0 Å². The molecule has 0 spiro atoms. The van der Waals surface area contributed by atoms with Crippen LogP contribution in [0.25, 0.3) is 11.1 Å². The van der Waals surface area contributed by atoms with Crippen molar-refractivity contribution in [3.63, 3.8) is 0 Å². The van der Waals surface area contributed by atoms with Gasteiger partial charge in [0, 0.05) is 12.5 Å². The van der Waals surface area contributed by atoms with Gasteiger partial charge in [0.25, 0.3) is 5.91 Å². The number of hydrogen-bond acceptors (Lipinski definition) is 6. The second kappa shape index (κ2) is 10.2. The van der Waals surface area contributed by atoms with Crippen LogP contribution in [0.4, 0.5) is 4.79 Å². The lowest BCUT2D eigenvalue weighted by Crippen LogP contribution is -2.33. The summed E-state index contributed by atoms with van der Waals surface area (Å²) in [5.41, 5.74) is 4.52. The quantitative estimate of drug-likeness (QED) is 0.382. The van der Waals surface area contributed by atoms with E-state index in [1.807, 2.05) is 36.4 Å². The first-order chi connectivity index (χ1) is 16.4. The third-order valence-corrected chi connectivity index (χ3v) is 5.54. The maximum Gasteiger partial charge on any atom is 0.407 e. The molecule has 9 heteroatoms. The van der Waals surface area contributed by atoms with Crippen molar-refractivity contribution in [3.05, 3.63) is 83.3 Å². The number of carbonyl (C=O) groups excluding carboxylic acids is 2. The largest absolute Gasteiger partial charge is 0.481 e. The summed E-state index contributed by atoms with van der Waals surface area (Å²) in [6, 6.07) is 19.1. The minimum absolute atomic E-state index is 0.0194. The fraction of sp³-hybridized carbons (Fsp3) is 0.240. The van der Waals surface area contributed by atoms with Gasteiger partial charge in [0.05, 0.1) is 19.1 Å². The number of aliphatic carboxylic acids is 1. The molecule has 1 unspecified atom stereocenters. The Morgan fingerprint density at radius 3 is 2.24 bits per heavy atom. The molecule has 4 rings (SSSR count). The third kappa shape index (κ3) is 5.26. The minimum atomic E-state index is -1.20. The van der Waals surface area contributed by atoms with E-state index in [0.29, 0.717) is 5.76 Å². The molecule has 1 atom stereocenters. The number of fused-ring (bicyclic) bond motifs is 3. The highest BCUT2D eigenvalue weighted by Gasteiger charge is 2.29. The maximum absolute atomic E-state index is 12.3. The zero-order valence-corrected chi connectivity index (χ0v) is 18.2. The van der Waals surface area contributed by atoms with Gasteiger partial charge in [-0.05, 0) is 34.4 Å². The fourth-order valence-electron chi connectivity index (χ4n) is 3.98. The Labute approximate surface area is 195 Å². The van der Waals surface area contributed by atoms with Crippen molar-refractivity contribution in [2.24, 2.45) is 0 Å². The van der Waals surface area contributed by atoms with E-state index < -0.39 is 30.5 Å². The van der Waals surface area contributed by atoms with Crippen LogP contribution in [0.1, 0.15) is 39.8 Å². The van der Waals surface area contributed by atoms with Crippen molar-refractivity contribution in [1.29, 1.82) is 0 Å². The lowest BCUT2D eigenvalue weighted by molar-refractivity contribution is -0.139. The molecule has 34 heavy (non-hydrogen) atoms. The van der Waals surface area contributed by atoms with Crippen molar-refractivity contribution in [3.8, 4) is 11.1 Å². The lowest BCUT2D eigenvalue weighted by Gasteiger charge is -2.14. The summed E-state index contributed by atoms with van der Waals surface area (Å²) >= 11 is 0. The molecule has 1 aromatic heterocycles. The highest BCUT2D eigenvalue weighted by molar-refractivity contribution is 5.91. The first-order valence-corrected chi connectivity index (χ1v) is 10.8. The van der Waals surface area contributed by atoms with E-state index in [-0.39, 0.29) is 31.4 Å². The van der Waals surface area contributed by atoms with E-state index in [1.165, 1.54) is 12.1 Å². The van der Waals surface area contributed by atoms with Gasteiger partial charge in [-0.25, -0.2) is 4.79 Å². The summed E-state index contributed by atoms with van der Waals surface area (Å²) in [6.07, 6.45) is -2.29. The number of aliphatic hydroxyl groups is 1. The zero-order chi connectivity index (χ0) is 24.1. The molecule has 1 heterocycles. The number of nitrogens with one attached hydrogen (secondary N) is 2. The van der Waals surface area contributed by atoms with E-state index >= 15 is 0 Å². The minimum Gasteiger partial charge on any atom is -0.481 e. The molecule has 3 aromatic rings. The monoisotopic (exact) mass is 464 g/mol. The standard InChI is InChI=1S/C25H24N2O7/c28-15(11-23(29)30)12-26-24(31)22-10-9-16(34-22)13-27-25(32)33-14-21-19-7-3-1-5-17(19)18-6-2-4-8-20(18)21/h1-10,15,21,28H,11-14H2,(H,26,31)(H,27,32)(H,29,30). The number of carboxylic acids is 1. The third-order valence-electron chi connectivity index (χ3n) is 5.54. The van der Waals surface area contributed by atoms with Crippen LogP contribution in [-0.2, 0) is 16.1 Å². The molecule has 0 fully saturated rings. The summed E-state index contributed by atoms with van der Waals surface area (Å²) in [6.45, 7) is -0.0188. The number of furan rings is 1. The fourth-order valence-corrected chi connectivity index (χ4v) is 3.98. The van der Waals surface area contributed by atoms with Crippen molar-refractivity contribution in [1.82, 2.24) is 10.6 Å². The molecule has 2 amide bonds. The van der Waals surface area contributed by atoms with Crippen molar-refractivity contribution >= 4 is 18.0 Å². The van der Waals surface area contributed by atoms with Gasteiger partial charge in [0.15, 0.2) is 5.76 Å². The van der Waals surface area contributed by atoms with Gasteiger partial charge in [-0.2, -0.15) is 0 Å². The highest BCUT2D eigenvalue weighted by Crippen LogP contribution is 2.44. The van der Waals surface area contributed by atoms with Crippen molar-refractivity contribution in [2.75, 3.05) is 13.2 Å². The number of rotatable bonds is 9. The van der Waals surface area contributed by atoms with Crippen LogP contribution in [0.15, 0.2) is 65.1 Å². The average Bonchev–Trinajstić information content (AvgIpc) is 3.42. The molecule has 9 nitrogen and oxygen atoms in total. The van der Waals surface area contributed by atoms with Gasteiger partial charge in [0.2, 0.25) is 0 Å². The molecular weight excluding hydrogens is 440 g/mol. The SMILES string of the molecule is O=C(O)CC(O)CNC(=O)c1ccc(CNC(=O)OCC2c3ccccc3-c3ccccc32)o1. The number of alkyl carbamates (subject to hydrolysis) is 1. The number of ether oxygens (including phenoxy) is 1. The first kappa shape index (κ1) is 23.1. The Hall–Kier alpha value is -4.11. The van der Waals surface area contributed by atoms with E-state index in [2.05, 4.69) is 22.8 Å². The Balaban J connectivity index is 1.27. The maximum atomic E-state index is 12.3. The molecule has 176 valence electrons. The lowest BCUT2D eigenvalue weighted by atomic mass is 9.98. The second-order valence-corrected chi connectivity index (χ2v) is 7.91. The molecule has 0 aliphatic heterocycles. The van der Waals surface area contributed by atoms with Crippen LogP contribution in [0, 0.1) is 0 Å². The van der Waals surface area contributed by atoms with Crippen molar-refractivity contribution < 1.29 is 33.8 Å². The van der Waals surface area contributed by atoms with Crippen molar-refractivity contribution in [2.45, 2.75) is 25.0 Å². The van der Waals surface area contributed by atoms with E-state index in [1.54, 1.807) is 0 Å². The number of hydrogen-bond donors (Lipinski definition) is 4. The van der Waals surface area contributed by atoms with E-state index in [4.69, 9.17) is 14.3 Å². The molecule has 1 aliphatic carbocycles. The number of aliphatic hydroxyl groups excluding tert-OH is 1. The normalized spacial score (nSPS) is 13.0. The predicted molar refractivity (Wildman–Crippen MR) is 121 cm³/mol. The summed E-state index contributed by atoms with van der Waals surface area (Å²) in [5, 5.41) is 23.1. The summed E-state index contributed by atoms with van der Waals surface area (Å²) in [7, 11) is 0. The second-order valence-electron chi connectivity index (χ2n) is 7.91. The first-order valence-electron chi connectivity index (χ1n) is 10.8. The Morgan fingerprint density at radius 2 is 1.59 bits per heavy atom. The summed E-state index contributed by atoms with van der Waals surface area (Å²) < 4.78 is 10.9. The predicted octanol–water partition coefficient (Wildman–Crippen LogP) is 2.88. The van der Waals surface area contributed by atoms with E-state index in [0.717, 1.165) is 22.3 Å². The Kier molecular flexibility index (Phi) is 6.93. The van der Waals surface area contributed by atoms with Crippen LogP contribution >= 0.6 is 0 Å². The number of carboxylic acid groups (broad SMARTS) is 1. The Morgan fingerprint density at radius 1 is 0.941 bits per heavy atom. The molecule has 0 bridgehead atoms. The molecular formula is C25H24N2O7. The smallest absolute Gasteiger partial charge is 0.407 e. The van der Waals surface area contributed by atoms with Gasteiger partial charge in [-0.1, -0.05) is 48.5 Å². The van der Waals surface area contributed by atoms with Crippen LogP contribution < -0.4 is 10.6 Å². The molecule has 4 N–H and O–H groups in total. The number of carbonyl (C=O) groups is 3. The summed E-state index contributed by atoms with van der Waals surface area (Å²) in [5.74, 6) is -1.50. The summed E-state index contributed by atoms with van der Waals surface area (Å²) in [4.78, 5) is 34.9. The molecule has 2 aromatic carbocycles. The molecule has 0 radical (unpaired) electrons. The van der Waals surface area contributed by atoms with Crippen LogP contribution in [-0.4, -0.2) is 47.4 Å². The Bertz CT molecular complexity index is 1160. The van der Waals surface area contributed by atoms with E-state index in [9.17, 15) is 19.5 Å².